The Morgan fingerprint density at radius 1 is 1.13 bits per heavy atom. The zero-order valence-corrected chi connectivity index (χ0v) is 19.5. The minimum Gasteiger partial charge on any atom is -0.464 e. The molecular weight excluding hydrogens is 382 g/mol. The fourth-order valence-electron chi connectivity index (χ4n) is 4.50. The number of nitrogens with zero attached hydrogens (tertiary/aromatic N) is 1. The minimum atomic E-state index is -0.945. The van der Waals surface area contributed by atoms with Crippen LogP contribution in [0.25, 0.3) is 0 Å². The molecule has 0 aliphatic carbocycles. The highest BCUT2D eigenvalue weighted by Crippen LogP contribution is 2.49. The first-order chi connectivity index (χ1) is 13.9. The molecule has 0 unspecified atom stereocenters. The van der Waals surface area contributed by atoms with Crippen LogP contribution in [0, 0.1) is 11.3 Å². The summed E-state index contributed by atoms with van der Waals surface area (Å²) < 4.78 is 10.9. The molecule has 1 fully saturated rings. The Kier molecular flexibility index (Phi) is 7.56. The minimum absolute atomic E-state index is 0.186. The standard InChI is InChI=1S/C24H37NO5/c1-9-29-22(27)20-18(24(6,7)8)21(26)19(25(20)23(28)30-15(4)5)17-13-11-10-12-16(17)14(2)3/h10-15,18-21,26H,9H2,1-8H3/t18-,19+,20+,21+/m1/s1. The highest BCUT2D eigenvalue weighted by Gasteiger charge is 2.59. The van der Waals surface area contributed by atoms with Crippen LogP contribution in [0.5, 0.6) is 0 Å². The first-order valence-corrected chi connectivity index (χ1v) is 10.8. The summed E-state index contributed by atoms with van der Waals surface area (Å²) in [7, 11) is 0. The van der Waals surface area contributed by atoms with Gasteiger partial charge < -0.3 is 14.6 Å². The van der Waals surface area contributed by atoms with E-state index in [2.05, 4.69) is 13.8 Å². The maximum Gasteiger partial charge on any atom is 0.411 e. The van der Waals surface area contributed by atoms with Crippen LogP contribution in [-0.4, -0.2) is 46.9 Å². The molecule has 1 saturated heterocycles. The molecule has 0 radical (unpaired) electrons. The van der Waals surface area contributed by atoms with Gasteiger partial charge in [0.05, 0.1) is 24.9 Å². The third kappa shape index (κ3) is 4.80. The van der Waals surface area contributed by atoms with E-state index in [1.807, 2.05) is 45.0 Å². The summed E-state index contributed by atoms with van der Waals surface area (Å²) in [5.74, 6) is -0.839. The molecule has 0 bridgehead atoms. The van der Waals surface area contributed by atoms with Crippen molar-refractivity contribution in [1.29, 1.82) is 0 Å². The van der Waals surface area contributed by atoms with Crippen molar-refractivity contribution in [2.45, 2.75) is 85.6 Å². The van der Waals surface area contributed by atoms with Crippen molar-refractivity contribution in [3.8, 4) is 0 Å². The van der Waals surface area contributed by atoms with Gasteiger partial charge in [0.1, 0.15) is 6.04 Å². The molecule has 30 heavy (non-hydrogen) atoms. The Hall–Kier alpha value is -2.08. The fourth-order valence-corrected chi connectivity index (χ4v) is 4.50. The van der Waals surface area contributed by atoms with Gasteiger partial charge in [-0.1, -0.05) is 58.9 Å². The van der Waals surface area contributed by atoms with E-state index in [1.165, 1.54) is 4.90 Å². The van der Waals surface area contributed by atoms with Gasteiger partial charge in [0.2, 0.25) is 0 Å². The number of carbonyl (C=O) groups is 2. The first-order valence-electron chi connectivity index (χ1n) is 10.8. The van der Waals surface area contributed by atoms with Gasteiger partial charge in [0.15, 0.2) is 0 Å². The Bertz CT molecular complexity index is 752. The van der Waals surface area contributed by atoms with E-state index in [-0.39, 0.29) is 18.6 Å². The molecule has 1 amide bonds. The maximum absolute atomic E-state index is 13.2. The molecule has 0 saturated carbocycles. The van der Waals surface area contributed by atoms with Gasteiger partial charge >= 0.3 is 12.1 Å². The molecule has 1 aliphatic rings. The summed E-state index contributed by atoms with van der Waals surface area (Å²) >= 11 is 0. The van der Waals surface area contributed by atoms with E-state index in [1.54, 1.807) is 20.8 Å². The van der Waals surface area contributed by atoms with E-state index in [0.29, 0.717) is 0 Å². The topological polar surface area (TPSA) is 76.1 Å². The van der Waals surface area contributed by atoms with Crippen molar-refractivity contribution < 1.29 is 24.2 Å². The van der Waals surface area contributed by atoms with Gasteiger partial charge in [-0.3, -0.25) is 4.90 Å². The van der Waals surface area contributed by atoms with Crippen molar-refractivity contribution >= 4 is 12.1 Å². The molecule has 2 rings (SSSR count). The first kappa shape index (κ1) is 24.2. The van der Waals surface area contributed by atoms with Crippen LogP contribution < -0.4 is 0 Å². The maximum atomic E-state index is 13.2. The lowest BCUT2D eigenvalue weighted by Crippen LogP contribution is -2.48. The molecule has 1 aromatic carbocycles. The number of aliphatic hydroxyl groups is 1. The monoisotopic (exact) mass is 419 g/mol. The Morgan fingerprint density at radius 3 is 2.23 bits per heavy atom. The molecule has 1 N–H and O–H groups in total. The molecule has 0 spiro atoms. The molecule has 168 valence electrons. The molecule has 1 heterocycles. The van der Waals surface area contributed by atoms with Gasteiger partial charge in [-0.2, -0.15) is 0 Å². The van der Waals surface area contributed by atoms with Gasteiger partial charge in [-0.25, -0.2) is 9.59 Å². The highest BCUT2D eigenvalue weighted by atomic mass is 16.6. The largest absolute Gasteiger partial charge is 0.464 e. The molecule has 0 aromatic heterocycles. The van der Waals surface area contributed by atoms with Crippen LogP contribution in [0.4, 0.5) is 4.79 Å². The van der Waals surface area contributed by atoms with E-state index < -0.39 is 41.6 Å². The van der Waals surface area contributed by atoms with Crippen molar-refractivity contribution in [2.24, 2.45) is 11.3 Å². The smallest absolute Gasteiger partial charge is 0.411 e. The summed E-state index contributed by atoms with van der Waals surface area (Å²) in [6.07, 6.45) is -1.91. The second-order valence-electron chi connectivity index (χ2n) is 9.65. The predicted octanol–water partition coefficient (Wildman–Crippen LogP) is 4.67. The number of ether oxygens (including phenoxy) is 2. The Morgan fingerprint density at radius 2 is 1.73 bits per heavy atom. The second kappa shape index (κ2) is 9.38. The lowest BCUT2D eigenvalue weighted by atomic mass is 9.73. The number of benzene rings is 1. The molecule has 1 aromatic rings. The van der Waals surface area contributed by atoms with Crippen molar-refractivity contribution in [1.82, 2.24) is 4.90 Å². The van der Waals surface area contributed by atoms with E-state index in [4.69, 9.17) is 9.47 Å². The average molecular weight is 420 g/mol. The SMILES string of the molecule is CCOC(=O)[C@@H]1[C@@H](C(C)(C)C)[C@H](O)[C@H](c2ccccc2C(C)C)N1C(=O)OC(C)C. The van der Waals surface area contributed by atoms with Gasteiger partial charge in [0.25, 0.3) is 0 Å². The Balaban J connectivity index is 2.71. The van der Waals surface area contributed by atoms with Crippen molar-refractivity contribution in [3.05, 3.63) is 35.4 Å². The molecule has 1 aliphatic heterocycles. The van der Waals surface area contributed by atoms with Crippen LogP contribution in [0.15, 0.2) is 24.3 Å². The molecule has 6 nitrogen and oxygen atoms in total. The summed E-state index contributed by atoms with van der Waals surface area (Å²) in [6.45, 7) is 15.5. The normalized spacial score (nSPS) is 24.4. The summed E-state index contributed by atoms with van der Waals surface area (Å²) in [5.41, 5.74) is 1.41. The van der Waals surface area contributed by atoms with Crippen LogP contribution in [-0.2, 0) is 14.3 Å². The molecule has 6 heteroatoms. The second-order valence-corrected chi connectivity index (χ2v) is 9.65. The number of hydrogen-bond acceptors (Lipinski definition) is 5. The van der Waals surface area contributed by atoms with Crippen molar-refractivity contribution in [2.75, 3.05) is 6.61 Å². The number of esters is 1. The number of carbonyl (C=O) groups excluding carboxylic acids is 2. The number of likely N-dealkylation sites (tertiary alicyclic amines) is 1. The van der Waals surface area contributed by atoms with Crippen LogP contribution in [0.3, 0.4) is 0 Å². The summed E-state index contributed by atoms with van der Waals surface area (Å²) in [5, 5.41) is 11.5. The lowest BCUT2D eigenvalue weighted by Gasteiger charge is -2.34. The zero-order valence-electron chi connectivity index (χ0n) is 19.5. The Labute approximate surface area is 180 Å². The zero-order chi connectivity index (χ0) is 22.8. The van der Waals surface area contributed by atoms with E-state index in [9.17, 15) is 14.7 Å². The van der Waals surface area contributed by atoms with Gasteiger partial charge in [-0.15, -0.1) is 0 Å². The lowest BCUT2D eigenvalue weighted by molar-refractivity contribution is -0.151. The number of hydrogen-bond donors (Lipinski definition) is 1. The number of amides is 1. The van der Waals surface area contributed by atoms with Gasteiger partial charge in [-0.05, 0) is 43.2 Å². The third-order valence-electron chi connectivity index (χ3n) is 5.64. The van der Waals surface area contributed by atoms with Gasteiger partial charge in [0, 0.05) is 5.92 Å². The molecular formula is C24H37NO5. The van der Waals surface area contributed by atoms with E-state index >= 15 is 0 Å². The third-order valence-corrected chi connectivity index (χ3v) is 5.64. The summed E-state index contributed by atoms with van der Waals surface area (Å²) in [4.78, 5) is 27.7. The predicted molar refractivity (Wildman–Crippen MR) is 116 cm³/mol. The number of rotatable bonds is 5. The van der Waals surface area contributed by atoms with Crippen molar-refractivity contribution in [3.63, 3.8) is 0 Å². The van der Waals surface area contributed by atoms with Crippen LogP contribution in [0.1, 0.15) is 78.5 Å². The van der Waals surface area contributed by atoms with E-state index in [0.717, 1.165) is 11.1 Å². The van der Waals surface area contributed by atoms with Crippen LogP contribution in [0.2, 0.25) is 0 Å². The summed E-state index contributed by atoms with van der Waals surface area (Å²) in [6, 6.07) is 6.13. The average Bonchev–Trinajstić information content (AvgIpc) is 2.94. The van der Waals surface area contributed by atoms with Crippen LogP contribution >= 0.6 is 0 Å². The molecule has 4 atom stereocenters. The fraction of sp³-hybridized carbons (Fsp3) is 0.667. The number of aliphatic hydroxyl groups excluding tert-OH is 1. The highest BCUT2D eigenvalue weighted by molar-refractivity contribution is 5.83. The quantitative estimate of drug-likeness (QED) is 0.702.